The minimum Gasteiger partial charge on any atom is -0.481 e. The van der Waals surface area contributed by atoms with Crippen molar-refractivity contribution in [3.05, 3.63) is 0 Å². The average molecular weight is 162 g/mol. The molecule has 0 fully saturated rings. The van der Waals surface area contributed by atoms with E-state index < -0.39 is 12.1 Å². The molecule has 0 radical (unpaired) electrons. The minimum absolute atomic E-state index is 0.0263. The zero-order valence-corrected chi connectivity index (χ0v) is 6.78. The summed E-state index contributed by atoms with van der Waals surface area (Å²) < 4.78 is 4.99. The molecule has 0 spiro atoms. The molecule has 0 saturated carbocycles. The lowest BCUT2D eigenvalue weighted by Crippen LogP contribution is -2.21. The first kappa shape index (κ1) is 10.4. The van der Waals surface area contributed by atoms with E-state index in [1.807, 2.05) is 13.8 Å². The Hall–Kier alpha value is -0.610. The summed E-state index contributed by atoms with van der Waals surface area (Å²) in [6.45, 7) is 3.74. The number of hydrogen-bond donors (Lipinski definition) is 2. The first-order valence-electron chi connectivity index (χ1n) is 3.54. The lowest BCUT2D eigenvalue weighted by atomic mass is 10.3. The normalized spacial score (nSPS) is 13.5. The molecule has 0 aromatic rings. The van der Waals surface area contributed by atoms with Gasteiger partial charge in [0.1, 0.15) is 0 Å². The Kier molecular flexibility index (Phi) is 4.81. The summed E-state index contributed by atoms with van der Waals surface area (Å²) in [4.78, 5) is 10.0. The molecule has 0 aliphatic heterocycles. The molecule has 0 bridgehead atoms. The molecule has 4 heteroatoms. The lowest BCUT2D eigenvalue weighted by molar-refractivity contribution is -0.140. The first-order chi connectivity index (χ1) is 5.02. The van der Waals surface area contributed by atoms with Gasteiger partial charge in [0.2, 0.25) is 0 Å². The molecule has 0 aliphatic rings. The van der Waals surface area contributed by atoms with Crippen molar-refractivity contribution < 1.29 is 19.7 Å². The van der Waals surface area contributed by atoms with E-state index in [0.717, 1.165) is 0 Å². The Morgan fingerprint density at radius 1 is 1.55 bits per heavy atom. The van der Waals surface area contributed by atoms with Crippen LogP contribution in [0, 0.1) is 0 Å². The lowest BCUT2D eigenvalue weighted by Gasteiger charge is -2.10. The number of aliphatic hydroxyl groups is 1. The fraction of sp³-hybridized carbons (Fsp3) is 0.857. The van der Waals surface area contributed by atoms with E-state index in [1.165, 1.54) is 0 Å². The third-order valence-electron chi connectivity index (χ3n) is 1.03. The zero-order valence-electron chi connectivity index (χ0n) is 6.78. The Bertz CT molecular complexity index is 122. The maximum atomic E-state index is 10.0. The Balaban J connectivity index is 3.37. The number of ether oxygens (including phenoxy) is 1. The Labute approximate surface area is 65.8 Å². The van der Waals surface area contributed by atoms with Gasteiger partial charge < -0.3 is 14.9 Å². The molecule has 0 unspecified atom stereocenters. The molecular formula is C7H14O4. The van der Waals surface area contributed by atoms with Crippen LogP contribution >= 0.6 is 0 Å². The van der Waals surface area contributed by atoms with Crippen LogP contribution in [-0.4, -0.2) is 35.0 Å². The van der Waals surface area contributed by atoms with E-state index >= 15 is 0 Å². The van der Waals surface area contributed by atoms with Gasteiger partial charge in [0, 0.05) is 0 Å². The predicted octanol–water partition coefficient (Wildman–Crippen LogP) is 0.247. The minimum atomic E-state index is -1.01. The van der Waals surface area contributed by atoms with Crippen molar-refractivity contribution in [1.29, 1.82) is 0 Å². The second kappa shape index (κ2) is 5.09. The summed E-state index contributed by atoms with van der Waals surface area (Å²) in [6.07, 6.45) is -1.12. The molecule has 11 heavy (non-hydrogen) atoms. The van der Waals surface area contributed by atoms with E-state index in [9.17, 15) is 4.79 Å². The van der Waals surface area contributed by atoms with Crippen LogP contribution in [0.3, 0.4) is 0 Å². The highest BCUT2D eigenvalue weighted by molar-refractivity contribution is 5.67. The van der Waals surface area contributed by atoms with Gasteiger partial charge in [0.05, 0.1) is 25.2 Å². The van der Waals surface area contributed by atoms with Crippen molar-refractivity contribution in [3.8, 4) is 0 Å². The Morgan fingerprint density at radius 2 is 2.09 bits per heavy atom. The topological polar surface area (TPSA) is 66.8 Å². The summed E-state index contributed by atoms with van der Waals surface area (Å²) in [5, 5.41) is 17.2. The molecular weight excluding hydrogens is 148 g/mol. The van der Waals surface area contributed by atoms with Crippen LogP contribution in [0.15, 0.2) is 0 Å². The van der Waals surface area contributed by atoms with E-state index in [4.69, 9.17) is 14.9 Å². The molecule has 0 aromatic carbocycles. The van der Waals surface area contributed by atoms with Gasteiger partial charge in [-0.05, 0) is 13.8 Å². The summed E-state index contributed by atoms with van der Waals surface area (Å²) in [6, 6.07) is 0. The predicted molar refractivity (Wildman–Crippen MR) is 39.3 cm³/mol. The maximum Gasteiger partial charge on any atom is 0.306 e. The van der Waals surface area contributed by atoms with Gasteiger partial charge in [-0.1, -0.05) is 0 Å². The van der Waals surface area contributed by atoms with Crippen molar-refractivity contribution >= 4 is 5.97 Å². The first-order valence-corrected chi connectivity index (χ1v) is 3.54. The number of carboxylic acids is 1. The second-order valence-electron chi connectivity index (χ2n) is 2.63. The highest BCUT2D eigenvalue weighted by Crippen LogP contribution is 1.95. The molecule has 4 nitrogen and oxygen atoms in total. The summed E-state index contributed by atoms with van der Waals surface area (Å²) in [7, 11) is 0. The average Bonchev–Trinajstić information content (AvgIpc) is 1.82. The van der Waals surface area contributed by atoms with E-state index in [-0.39, 0.29) is 19.1 Å². The molecule has 1 atom stereocenters. The third-order valence-corrected chi connectivity index (χ3v) is 1.03. The van der Waals surface area contributed by atoms with E-state index in [1.54, 1.807) is 0 Å². The molecule has 0 saturated heterocycles. The number of aliphatic hydroxyl groups excluding tert-OH is 1. The standard InChI is InChI=1S/C7H14O4/c1-5(2)11-4-6(8)3-7(9)10/h5-6,8H,3-4H2,1-2H3,(H,9,10)/t6-/m0/s1. The highest BCUT2D eigenvalue weighted by Gasteiger charge is 2.09. The number of carboxylic acid groups (broad SMARTS) is 1. The monoisotopic (exact) mass is 162 g/mol. The molecule has 0 aromatic heterocycles. The molecule has 0 aliphatic carbocycles. The SMILES string of the molecule is CC(C)OC[C@@H](O)CC(=O)O. The number of aliphatic carboxylic acids is 1. The number of rotatable bonds is 5. The second-order valence-corrected chi connectivity index (χ2v) is 2.63. The quantitative estimate of drug-likeness (QED) is 0.608. The van der Waals surface area contributed by atoms with Crippen molar-refractivity contribution in [2.75, 3.05) is 6.61 Å². The molecule has 66 valence electrons. The van der Waals surface area contributed by atoms with Crippen LogP contribution in [-0.2, 0) is 9.53 Å². The van der Waals surface area contributed by atoms with Crippen molar-refractivity contribution in [2.45, 2.75) is 32.5 Å². The third kappa shape index (κ3) is 7.29. The van der Waals surface area contributed by atoms with Gasteiger partial charge in [-0.25, -0.2) is 0 Å². The van der Waals surface area contributed by atoms with Crippen LogP contribution in [0.5, 0.6) is 0 Å². The molecule has 2 N–H and O–H groups in total. The number of hydrogen-bond acceptors (Lipinski definition) is 3. The van der Waals surface area contributed by atoms with Gasteiger partial charge >= 0.3 is 5.97 Å². The Morgan fingerprint density at radius 3 is 2.45 bits per heavy atom. The van der Waals surface area contributed by atoms with Crippen LogP contribution in [0.2, 0.25) is 0 Å². The largest absolute Gasteiger partial charge is 0.481 e. The summed E-state index contributed by atoms with van der Waals surface area (Å²) in [5.41, 5.74) is 0. The van der Waals surface area contributed by atoms with Crippen LogP contribution in [0.1, 0.15) is 20.3 Å². The summed E-state index contributed by atoms with van der Waals surface area (Å²) in [5.74, 6) is -1.01. The van der Waals surface area contributed by atoms with Crippen molar-refractivity contribution in [3.63, 3.8) is 0 Å². The number of carbonyl (C=O) groups is 1. The fourth-order valence-electron chi connectivity index (χ4n) is 0.564. The van der Waals surface area contributed by atoms with E-state index in [2.05, 4.69) is 0 Å². The smallest absolute Gasteiger partial charge is 0.306 e. The van der Waals surface area contributed by atoms with Gasteiger partial charge in [-0.3, -0.25) is 4.79 Å². The highest BCUT2D eigenvalue weighted by atomic mass is 16.5. The molecule has 0 heterocycles. The van der Waals surface area contributed by atoms with Crippen molar-refractivity contribution in [1.82, 2.24) is 0 Å². The molecule has 0 rings (SSSR count). The van der Waals surface area contributed by atoms with Gasteiger partial charge in [0.15, 0.2) is 0 Å². The fourth-order valence-corrected chi connectivity index (χ4v) is 0.564. The molecule has 0 amide bonds. The van der Waals surface area contributed by atoms with E-state index in [0.29, 0.717) is 0 Å². The summed E-state index contributed by atoms with van der Waals surface area (Å²) >= 11 is 0. The maximum absolute atomic E-state index is 10.0. The van der Waals surface area contributed by atoms with Crippen molar-refractivity contribution in [2.24, 2.45) is 0 Å². The van der Waals surface area contributed by atoms with Gasteiger partial charge in [0.25, 0.3) is 0 Å². The van der Waals surface area contributed by atoms with Crippen LogP contribution in [0.4, 0.5) is 0 Å². The van der Waals surface area contributed by atoms with Crippen LogP contribution < -0.4 is 0 Å². The van der Waals surface area contributed by atoms with Gasteiger partial charge in [-0.15, -0.1) is 0 Å². The van der Waals surface area contributed by atoms with Crippen LogP contribution in [0.25, 0.3) is 0 Å². The zero-order chi connectivity index (χ0) is 8.85. The van der Waals surface area contributed by atoms with Gasteiger partial charge in [-0.2, -0.15) is 0 Å².